The highest BCUT2D eigenvalue weighted by molar-refractivity contribution is 5.90. The highest BCUT2D eigenvalue weighted by Crippen LogP contribution is 2.23. The molecule has 0 heterocycles. The lowest BCUT2D eigenvalue weighted by atomic mass is 10.0. The van der Waals surface area contributed by atoms with Crippen LogP contribution in [0.2, 0.25) is 0 Å². The van der Waals surface area contributed by atoms with E-state index in [0.717, 1.165) is 49.2 Å². The smallest absolute Gasteiger partial charge is 0.338 e. The Kier molecular flexibility index (Phi) is 15.6. The second-order valence-electron chi connectivity index (χ2n) is 9.97. The monoisotopic (exact) mass is 522 g/mol. The van der Waals surface area contributed by atoms with Crippen molar-refractivity contribution in [3.8, 4) is 16.9 Å². The summed E-state index contributed by atoms with van der Waals surface area (Å²) in [6, 6.07) is 15.7. The topological polar surface area (TPSA) is 61.8 Å². The number of unbranched alkanes of at least 4 members (excludes halogenated alkanes) is 9. The zero-order valence-electron chi connectivity index (χ0n) is 23.4. The molecule has 0 amide bonds. The quantitative estimate of drug-likeness (QED) is 0.0990. The lowest BCUT2D eigenvalue weighted by Gasteiger charge is -2.10. The third-order valence-electron chi connectivity index (χ3n) is 6.72. The van der Waals surface area contributed by atoms with Crippen molar-refractivity contribution < 1.29 is 23.8 Å². The molecule has 5 nitrogen and oxygen atoms in total. The highest BCUT2D eigenvalue weighted by Gasteiger charge is 2.09. The van der Waals surface area contributed by atoms with Crippen molar-refractivity contribution in [1.29, 1.82) is 0 Å². The van der Waals surface area contributed by atoms with Crippen molar-refractivity contribution in [2.24, 2.45) is 5.92 Å². The molecule has 1 atom stereocenters. The maximum absolute atomic E-state index is 12.2. The maximum atomic E-state index is 12.2. The van der Waals surface area contributed by atoms with E-state index in [9.17, 15) is 9.59 Å². The van der Waals surface area contributed by atoms with Gasteiger partial charge in [-0.25, -0.2) is 9.59 Å². The van der Waals surface area contributed by atoms with Crippen LogP contribution in [-0.2, 0) is 14.3 Å². The standard InChI is InChI=1S/C33H46O5/c1-4-27(3)26-38-33(35)30-18-16-28(17-19-30)29-20-22-31(23-21-29)36-24-14-12-10-8-6-7-9-11-13-15-25-37-32(34)5-2/h5,16-23,27H,2,4,6-15,24-26H2,1,3H3. The van der Waals surface area contributed by atoms with E-state index in [1.54, 1.807) is 0 Å². The summed E-state index contributed by atoms with van der Waals surface area (Å²) < 4.78 is 16.3. The van der Waals surface area contributed by atoms with E-state index >= 15 is 0 Å². The molecular weight excluding hydrogens is 476 g/mol. The molecule has 0 aliphatic carbocycles. The van der Waals surface area contributed by atoms with Crippen molar-refractivity contribution in [2.45, 2.75) is 84.5 Å². The molecular formula is C33H46O5. The predicted molar refractivity (Wildman–Crippen MR) is 154 cm³/mol. The van der Waals surface area contributed by atoms with Gasteiger partial charge in [-0.05, 0) is 54.2 Å². The Morgan fingerprint density at radius 3 is 1.76 bits per heavy atom. The second-order valence-corrected chi connectivity index (χ2v) is 9.97. The van der Waals surface area contributed by atoms with E-state index in [1.807, 2.05) is 36.4 Å². The van der Waals surface area contributed by atoms with Crippen LogP contribution >= 0.6 is 0 Å². The van der Waals surface area contributed by atoms with Gasteiger partial charge < -0.3 is 14.2 Å². The van der Waals surface area contributed by atoms with Crippen molar-refractivity contribution in [3.05, 3.63) is 66.7 Å². The van der Waals surface area contributed by atoms with Crippen molar-refractivity contribution >= 4 is 11.9 Å². The highest BCUT2D eigenvalue weighted by atomic mass is 16.5. The fraction of sp³-hybridized carbons (Fsp3) is 0.515. The van der Waals surface area contributed by atoms with Crippen LogP contribution in [-0.4, -0.2) is 31.8 Å². The molecule has 2 aromatic rings. The molecule has 0 spiro atoms. The number of rotatable bonds is 20. The zero-order chi connectivity index (χ0) is 27.4. The SMILES string of the molecule is C=CC(=O)OCCCCCCCCCCCCOc1ccc(-c2ccc(C(=O)OCC(C)CC)cc2)cc1. The van der Waals surface area contributed by atoms with Crippen LogP contribution in [0.15, 0.2) is 61.2 Å². The minimum Gasteiger partial charge on any atom is -0.494 e. The average Bonchev–Trinajstić information content (AvgIpc) is 2.96. The van der Waals surface area contributed by atoms with Gasteiger partial charge in [0.2, 0.25) is 0 Å². The Bertz CT molecular complexity index is 933. The first-order valence-corrected chi connectivity index (χ1v) is 14.3. The number of carbonyl (C=O) groups excluding carboxylic acids is 2. The fourth-order valence-electron chi connectivity index (χ4n) is 4.00. The van der Waals surface area contributed by atoms with Crippen LogP contribution < -0.4 is 4.74 Å². The summed E-state index contributed by atoms with van der Waals surface area (Å²) >= 11 is 0. The van der Waals surface area contributed by atoms with Crippen LogP contribution in [0.1, 0.15) is 94.8 Å². The summed E-state index contributed by atoms with van der Waals surface area (Å²) in [7, 11) is 0. The van der Waals surface area contributed by atoms with Crippen molar-refractivity contribution in [3.63, 3.8) is 0 Å². The van der Waals surface area contributed by atoms with Crippen LogP contribution in [0.25, 0.3) is 11.1 Å². The van der Waals surface area contributed by atoms with Gasteiger partial charge in [0, 0.05) is 6.08 Å². The predicted octanol–water partition coefficient (Wildman–Crippen LogP) is 8.57. The zero-order valence-corrected chi connectivity index (χ0v) is 23.4. The molecule has 2 aromatic carbocycles. The molecule has 208 valence electrons. The van der Waals surface area contributed by atoms with E-state index in [1.165, 1.54) is 51.0 Å². The summed E-state index contributed by atoms with van der Waals surface area (Å²) in [5.74, 6) is 0.668. The second kappa shape index (κ2) is 19.1. The Labute approximate surface area is 229 Å². The third kappa shape index (κ3) is 12.9. The molecule has 0 saturated heterocycles. The van der Waals surface area contributed by atoms with Gasteiger partial charge in [0.15, 0.2) is 0 Å². The van der Waals surface area contributed by atoms with E-state index in [2.05, 4.69) is 32.6 Å². The number of ether oxygens (including phenoxy) is 3. The summed E-state index contributed by atoms with van der Waals surface area (Å²) in [5.41, 5.74) is 2.73. The minimum absolute atomic E-state index is 0.266. The van der Waals surface area contributed by atoms with Crippen LogP contribution in [0.4, 0.5) is 0 Å². The van der Waals surface area contributed by atoms with Gasteiger partial charge in [-0.15, -0.1) is 0 Å². The number of carbonyl (C=O) groups is 2. The molecule has 1 unspecified atom stereocenters. The molecule has 5 heteroatoms. The molecule has 0 saturated carbocycles. The van der Waals surface area contributed by atoms with E-state index < -0.39 is 0 Å². The summed E-state index contributed by atoms with van der Waals surface area (Å²) in [4.78, 5) is 23.1. The summed E-state index contributed by atoms with van der Waals surface area (Å²) in [5, 5.41) is 0. The first-order chi connectivity index (χ1) is 18.5. The van der Waals surface area contributed by atoms with Gasteiger partial charge in [0.25, 0.3) is 0 Å². The Hall–Kier alpha value is -3.08. The van der Waals surface area contributed by atoms with E-state index in [0.29, 0.717) is 24.7 Å². The van der Waals surface area contributed by atoms with E-state index in [-0.39, 0.29) is 11.9 Å². The minimum atomic E-state index is -0.329. The molecule has 0 N–H and O–H groups in total. The summed E-state index contributed by atoms with van der Waals surface area (Å²) in [6.07, 6.45) is 14.1. The number of benzene rings is 2. The fourth-order valence-corrected chi connectivity index (χ4v) is 4.00. The third-order valence-corrected chi connectivity index (χ3v) is 6.72. The van der Waals surface area contributed by atoms with Gasteiger partial charge in [0.05, 0.1) is 25.4 Å². The first-order valence-electron chi connectivity index (χ1n) is 14.3. The molecule has 0 bridgehead atoms. The molecule has 0 aliphatic rings. The van der Waals surface area contributed by atoms with E-state index in [4.69, 9.17) is 14.2 Å². The molecule has 0 radical (unpaired) electrons. The van der Waals surface area contributed by atoms with Gasteiger partial charge in [-0.1, -0.05) is 102 Å². The lowest BCUT2D eigenvalue weighted by Crippen LogP contribution is -2.11. The Morgan fingerprint density at radius 1 is 0.737 bits per heavy atom. The number of esters is 2. The molecule has 38 heavy (non-hydrogen) atoms. The molecule has 2 rings (SSSR count). The first kappa shape index (κ1) is 31.1. The maximum Gasteiger partial charge on any atom is 0.338 e. The van der Waals surface area contributed by atoms with Crippen molar-refractivity contribution in [1.82, 2.24) is 0 Å². The van der Waals surface area contributed by atoms with Crippen LogP contribution in [0.3, 0.4) is 0 Å². The normalized spacial score (nSPS) is 11.5. The van der Waals surface area contributed by atoms with Gasteiger partial charge in [-0.3, -0.25) is 0 Å². The average molecular weight is 523 g/mol. The Balaban J connectivity index is 1.52. The molecule has 0 aliphatic heterocycles. The van der Waals surface area contributed by atoms with Gasteiger partial charge in [-0.2, -0.15) is 0 Å². The molecule has 0 fully saturated rings. The Morgan fingerprint density at radius 2 is 1.24 bits per heavy atom. The van der Waals surface area contributed by atoms with Crippen LogP contribution in [0.5, 0.6) is 5.75 Å². The number of hydrogen-bond donors (Lipinski definition) is 0. The summed E-state index contributed by atoms with van der Waals surface area (Å²) in [6.45, 7) is 9.26. The molecule has 0 aromatic heterocycles. The van der Waals surface area contributed by atoms with Gasteiger partial charge in [0.1, 0.15) is 5.75 Å². The van der Waals surface area contributed by atoms with Crippen molar-refractivity contribution in [2.75, 3.05) is 19.8 Å². The van der Waals surface area contributed by atoms with Gasteiger partial charge >= 0.3 is 11.9 Å². The number of hydrogen-bond acceptors (Lipinski definition) is 5. The largest absolute Gasteiger partial charge is 0.494 e. The lowest BCUT2D eigenvalue weighted by molar-refractivity contribution is -0.137. The van der Waals surface area contributed by atoms with Crippen LogP contribution in [0, 0.1) is 5.92 Å².